The predicted molar refractivity (Wildman–Crippen MR) is 62.4 cm³/mol. The second-order valence-corrected chi connectivity index (χ2v) is 4.47. The second kappa shape index (κ2) is 5.51. The highest BCUT2D eigenvalue weighted by atomic mass is 32.1. The number of rotatable bonds is 3. The largest absolute Gasteiger partial charge is 0.383 e. The molecule has 3 nitrogen and oxygen atoms in total. The van der Waals surface area contributed by atoms with Gasteiger partial charge in [0.15, 0.2) is 5.11 Å². The molecule has 0 aromatic heterocycles. The van der Waals surface area contributed by atoms with Gasteiger partial charge in [-0.2, -0.15) is 0 Å². The maximum Gasteiger partial charge on any atom is 0.169 e. The van der Waals surface area contributed by atoms with E-state index in [1.54, 1.807) is 7.11 Å². The van der Waals surface area contributed by atoms with Gasteiger partial charge < -0.3 is 15.0 Å². The Balaban J connectivity index is 2.25. The molecule has 0 radical (unpaired) electrons. The minimum atomic E-state index is 0.707. The van der Waals surface area contributed by atoms with Crippen LogP contribution >= 0.6 is 12.2 Å². The summed E-state index contributed by atoms with van der Waals surface area (Å²) in [5.74, 6) is 1.49. The number of likely N-dealkylation sites (tertiary alicyclic amines) is 1. The number of hydrogen-bond donors (Lipinski definition) is 1. The maximum absolute atomic E-state index is 5.29. The van der Waals surface area contributed by atoms with Crippen molar-refractivity contribution in [2.24, 2.45) is 11.8 Å². The van der Waals surface area contributed by atoms with Gasteiger partial charge in [0.25, 0.3) is 0 Å². The molecule has 14 heavy (non-hydrogen) atoms. The lowest BCUT2D eigenvalue weighted by Crippen LogP contribution is -2.39. The Morgan fingerprint density at radius 2 is 2.00 bits per heavy atom. The molecule has 4 heteroatoms. The summed E-state index contributed by atoms with van der Waals surface area (Å²) in [6.45, 7) is 8.23. The van der Waals surface area contributed by atoms with Crippen LogP contribution in [0, 0.1) is 11.8 Å². The summed E-state index contributed by atoms with van der Waals surface area (Å²) in [4.78, 5) is 2.25. The minimum absolute atomic E-state index is 0.707. The average Bonchev–Trinajstić information content (AvgIpc) is 2.47. The first-order valence-electron chi connectivity index (χ1n) is 5.17. The molecule has 1 N–H and O–H groups in total. The normalized spacial score (nSPS) is 26.6. The van der Waals surface area contributed by atoms with Crippen molar-refractivity contribution < 1.29 is 4.74 Å². The Hall–Kier alpha value is -0.350. The third kappa shape index (κ3) is 3.10. The van der Waals surface area contributed by atoms with Gasteiger partial charge in [0.1, 0.15) is 0 Å². The van der Waals surface area contributed by atoms with Gasteiger partial charge in [-0.15, -0.1) is 0 Å². The molecule has 0 bridgehead atoms. The van der Waals surface area contributed by atoms with Gasteiger partial charge in [-0.05, 0) is 24.1 Å². The van der Waals surface area contributed by atoms with E-state index in [-0.39, 0.29) is 0 Å². The highest BCUT2D eigenvalue weighted by Gasteiger charge is 2.27. The zero-order valence-electron chi connectivity index (χ0n) is 9.25. The molecule has 1 heterocycles. The lowest BCUT2D eigenvalue weighted by molar-refractivity contribution is 0.203. The zero-order valence-corrected chi connectivity index (χ0v) is 10.1. The number of nitrogens with one attached hydrogen (secondary N) is 1. The molecule has 1 rings (SSSR count). The highest BCUT2D eigenvalue weighted by molar-refractivity contribution is 7.80. The van der Waals surface area contributed by atoms with E-state index in [4.69, 9.17) is 17.0 Å². The Kier molecular flexibility index (Phi) is 4.62. The first-order valence-corrected chi connectivity index (χ1v) is 5.57. The third-order valence-corrected chi connectivity index (χ3v) is 3.26. The SMILES string of the molecule is COCCNC(=S)N1CC(C)C(C)C1. The standard InChI is InChI=1S/C10H20N2OS/c1-8-6-12(7-9(8)2)10(14)11-4-5-13-3/h8-9H,4-7H2,1-3H3,(H,11,14). The molecule has 1 aliphatic heterocycles. The summed E-state index contributed by atoms with van der Waals surface area (Å²) >= 11 is 5.29. The van der Waals surface area contributed by atoms with Crippen molar-refractivity contribution in [1.82, 2.24) is 10.2 Å². The summed E-state index contributed by atoms with van der Waals surface area (Å²) < 4.78 is 4.96. The van der Waals surface area contributed by atoms with Gasteiger partial charge in [0.2, 0.25) is 0 Å². The first kappa shape index (κ1) is 11.7. The third-order valence-electron chi connectivity index (χ3n) is 2.86. The van der Waals surface area contributed by atoms with E-state index in [0.29, 0.717) is 6.61 Å². The topological polar surface area (TPSA) is 24.5 Å². The summed E-state index contributed by atoms with van der Waals surface area (Å²) in [7, 11) is 1.70. The van der Waals surface area contributed by atoms with Crippen molar-refractivity contribution >= 4 is 17.3 Å². The second-order valence-electron chi connectivity index (χ2n) is 4.08. The van der Waals surface area contributed by atoms with Crippen LogP contribution in [0.25, 0.3) is 0 Å². The first-order chi connectivity index (χ1) is 6.65. The fourth-order valence-corrected chi connectivity index (χ4v) is 1.92. The van der Waals surface area contributed by atoms with Crippen LogP contribution in [-0.4, -0.2) is 43.4 Å². The molecular formula is C10H20N2OS. The number of nitrogens with zero attached hydrogens (tertiary/aromatic N) is 1. The maximum atomic E-state index is 5.29. The molecule has 2 unspecified atom stereocenters. The molecular weight excluding hydrogens is 196 g/mol. The lowest BCUT2D eigenvalue weighted by Gasteiger charge is -2.20. The molecule has 0 spiro atoms. The Bertz CT molecular complexity index is 189. The number of ether oxygens (including phenoxy) is 1. The van der Waals surface area contributed by atoms with Crippen molar-refractivity contribution in [3.05, 3.63) is 0 Å². The van der Waals surface area contributed by atoms with Crippen LogP contribution in [0.2, 0.25) is 0 Å². The van der Waals surface area contributed by atoms with E-state index in [0.717, 1.165) is 36.6 Å². The van der Waals surface area contributed by atoms with E-state index in [1.165, 1.54) is 0 Å². The summed E-state index contributed by atoms with van der Waals surface area (Å²) in [5.41, 5.74) is 0. The predicted octanol–water partition coefficient (Wildman–Crippen LogP) is 1.10. The molecule has 1 fully saturated rings. The van der Waals surface area contributed by atoms with Gasteiger partial charge in [0.05, 0.1) is 6.61 Å². The van der Waals surface area contributed by atoms with E-state index in [1.807, 2.05) is 0 Å². The monoisotopic (exact) mass is 216 g/mol. The van der Waals surface area contributed by atoms with Crippen LogP contribution in [0.5, 0.6) is 0 Å². The Morgan fingerprint density at radius 1 is 1.43 bits per heavy atom. The zero-order chi connectivity index (χ0) is 10.6. The smallest absolute Gasteiger partial charge is 0.169 e. The fraction of sp³-hybridized carbons (Fsp3) is 0.900. The highest BCUT2D eigenvalue weighted by Crippen LogP contribution is 2.21. The quantitative estimate of drug-likeness (QED) is 0.564. The van der Waals surface area contributed by atoms with Crippen molar-refractivity contribution in [2.45, 2.75) is 13.8 Å². The van der Waals surface area contributed by atoms with Crippen molar-refractivity contribution in [1.29, 1.82) is 0 Å². The lowest BCUT2D eigenvalue weighted by atomic mass is 10.0. The van der Waals surface area contributed by atoms with E-state index in [9.17, 15) is 0 Å². The van der Waals surface area contributed by atoms with Crippen LogP contribution in [0.15, 0.2) is 0 Å². The summed E-state index contributed by atoms with van der Waals surface area (Å²) in [6.07, 6.45) is 0. The van der Waals surface area contributed by atoms with Gasteiger partial charge in [-0.3, -0.25) is 0 Å². The van der Waals surface area contributed by atoms with E-state index in [2.05, 4.69) is 24.1 Å². The van der Waals surface area contributed by atoms with E-state index < -0.39 is 0 Å². The molecule has 1 aliphatic rings. The van der Waals surface area contributed by atoms with Crippen LogP contribution in [-0.2, 0) is 4.74 Å². The number of thiocarbonyl (C=S) groups is 1. The molecule has 1 saturated heterocycles. The van der Waals surface area contributed by atoms with Crippen molar-refractivity contribution in [2.75, 3.05) is 33.4 Å². The molecule has 0 aromatic carbocycles. The fourth-order valence-electron chi connectivity index (χ4n) is 1.67. The van der Waals surface area contributed by atoms with Crippen LogP contribution in [0.1, 0.15) is 13.8 Å². The molecule has 0 aliphatic carbocycles. The van der Waals surface area contributed by atoms with E-state index >= 15 is 0 Å². The van der Waals surface area contributed by atoms with Crippen molar-refractivity contribution in [3.8, 4) is 0 Å². The van der Waals surface area contributed by atoms with Gasteiger partial charge in [-0.1, -0.05) is 13.8 Å². The molecule has 0 amide bonds. The minimum Gasteiger partial charge on any atom is -0.383 e. The molecule has 82 valence electrons. The summed E-state index contributed by atoms with van der Waals surface area (Å²) in [6, 6.07) is 0. The van der Waals surface area contributed by atoms with Gasteiger partial charge in [-0.25, -0.2) is 0 Å². The molecule has 2 atom stereocenters. The Labute approximate surface area is 91.8 Å². The van der Waals surface area contributed by atoms with Crippen LogP contribution < -0.4 is 5.32 Å². The van der Waals surface area contributed by atoms with Crippen LogP contribution in [0.3, 0.4) is 0 Å². The van der Waals surface area contributed by atoms with Crippen LogP contribution in [0.4, 0.5) is 0 Å². The van der Waals surface area contributed by atoms with Gasteiger partial charge in [0, 0.05) is 26.7 Å². The molecule has 0 saturated carbocycles. The molecule has 0 aromatic rings. The Morgan fingerprint density at radius 3 is 2.50 bits per heavy atom. The number of methoxy groups -OCH3 is 1. The average molecular weight is 216 g/mol. The number of hydrogen-bond acceptors (Lipinski definition) is 2. The summed E-state index contributed by atoms with van der Waals surface area (Å²) in [5, 5.41) is 4.07. The van der Waals surface area contributed by atoms with Gasteiger partial charge >= 0.3 is 0 Å². The van der Waals surface area contributed by atoms with Crippen molar-refractivity contribution in [3.63, 3.8) is 0 Å².